The highest BCUT2D eigenvalue weighted by Crippen LogP contribution is 2.28. The summed E-state index contributed by atoms with van der Waals surface area (Å²) in [6, 6.07) is 0.314. The summed E-state index contributed by atoms with van der Waals surface area (Å²) in [4.78, 5) is 18.1. The molecule has 2 rings (SSSR count). The third-order valence-corrected chi connectivity index (χ3v) is 5.08. The first-order valence-corrected chi connectivity index (χ1v) is 9.48. The number of likely N-dealkylation sites (N-methyl/N-ethyl adjacent to an activating group) is 1. The van der Waals surface area contributed by atoms with Gasteiger partial charge in [-0.25, -0.2) is 0 Å². The number of rotatable bonds is 7. The molecule has 1 heterocycles. The Morgan fingerprint density at radius 2 is 2.04 bits per heavy atom. The average Bonchev–Trinajstić information content (AvgIpc) is 3.04. The van der Waals surface area contributed by atoms with Crippen LogP contribution in [-0.4, -0.2) is 49.5 Å². The summed E-state index contributed by atoms with van der Waals surface area (Å²) < 4.78 is 0. The first-order valence-electron chi connectivity index (χ1n) is 9.48. The van der Waals surface area contributed by atoms with Crippen molar-refractivity contribution in [3.8, 4) is 0 Å². The predicted octanol–water partition coefficient (Wildman–Crippen LogP) is 2.52. The summed E-state index contributed by atoms with van der Waals surface area (Å²) in [5.74, 6) is 2.14. The number of nitrogens with one attached hydrogen (secondary N) is 2. The number of amides is 1. The van der Waals surface area contributed by atoms with E-state index in [4.69, 9.17) is 4.99 Å². The zero-order chi connectivity index (χ0) is 16.5. The van der Waals surface area contributed by atoms with Crippen LogP contribution >= 0.6 is 0 Å². The van der Waals surface area contributed by atoms with Crippen molar-refractivity contribution in [3.05, 3.63) is 0 Å². The highest BCUT2D eigenvalue weighted by atomic mass is 16.2. The molecule has 0 aromatic rings. The van der Waals surface area contributed by atoms with Gasteiger partial charge in [-0.1, -0.05) is 38.5 Å². The van der Waals surface area contributed by atoms with Gasteiger partial charge < -0.3 is 15.5 Å². The molecule has 0 radical (unpaired) electrons. The van der Waals surface area contributed by atoms with E-state index >= 15 is 0 Å². The molecule has 0 spiro atoms. The van der Waals surface area contributed by atoms with Gasteiger partial charge in [-0.15, -0.1) is 0 Å². The van der Waals surface area contributed by atoms with Gasteiger partial charge in [0.2, 0.25) is 5.91 Å². The number of guanidine groups is 1. The molecule has 5 heteroatoms. The first kappa shape index (κ1) is 18.1. The molecule has 1 aliphatic heterocycles. The molecule has 0 aromatic carbocycles. The molecule has 1 unspecified atom stereocenters. The van der Waals surface area contributed by atoms with Gasteiger partial charge in [0.05, 0.1) is 0 Å². The third kappa shape index (κ3) is 6.40. The van der Waals surface area contributed by atoms with E-state index in [9.17, 15) is 4.79 Å². The number of nitrogens with zero attached hydrogens (tertiary/aromatic N) is 2. The lowest BCUT2D eigenvalue weighted by Gasteiger charge is -2.31. The van der Waals surface area contributed by atoms with Crippen LogP contribution < -0.4 is 10.6 Å². The Balaban J connectivity index is 1.68. The molecule has 1 saturated heterocycles. The number of hydrogen-bond acceptors (Lipinski definition) is 2. The van der Waals surface area contributed by atoms with Crippen molar-refractivity contribution in [3.63, 3.8) is 0 Å². The molecule has 0 aromatic heterocycles. The monoisotopic (exact) mass is 322 g/mol. The van der Waals surface area contributed by atoms with Crippen LogP contribution in [-0.2, 0) is 4.79 Å². The second kappa shape index (κ2) is 9.78. The summed E-state index contributed by atoms with van der Waals surface area (Å²) in [5, 5.41) is 6.81. The molecular weight excluding hydrogens is 288 g/mol. The lowest BCUT2D eigenvalue weighted by Crippen LogP contribution is -2.51. The molecule has 1 amide bonds. The van der Waals surface area contributed by atoms with Gasteiger partial charge in [0.25, 0.3) is 0 Å². The molecule has 1 aliphatic carbocycles. The Bertz CT molecular complexity index is 390. The molecule has 132 valence electrons. The Morgan fingerprint density at radius 1 is 1.26 bits per heavy atom. The van der Waals surface area contributed by atoms with Gasteiger partial charge in [-0.05, 0) is 25.7 Å². The van der Waals surface area contributed by atoms with E-state index in [1.807, 2.05) is 11.9 Å². The molecule has 2 fully saturated rings. The van der Waals surface area contributed by atoms with Crippen LogP contribution in [0.5, 0.6) is 0 Å². The zero-order valence-electron chi connectivity index (χ0n) is 14.9. The summed E-state index contributed by atoms with van der Waals surface area (Å²) in [6.07, 6.45) is 11.2. The quantitative estimate of drug-likeness (QED) is 0.430. The summed E-state index contributed by atoms with van der Waals surface area (Å²) in [6.45, 7) is 4.62. The molecule has 1 atom stereocenters. The molecular formula is C18H34N4O. The largest absolute Gasteiger partial charge is 0.357 e. The van der Waals surface area contributed by atoms with Gasteiger partial charge >= 0.3 is 0 Å². The van der Waals surface area contributed by atoms with Crippen LogP contribution in [0.15, 0.2) is 4.99 Å². The lowest BCUT2D eigenvalue weighted by atomic mass is 10.0. The van der Waals surface area contributed by atoms with Crippen LogP contribution in [0.4, 0.5) is 0 Å². The Labute approximate surface area is 141 Å². The number of likely N-dealkylation sites (tertiary alicyclic amines) is 1. The minimum atomic E-state index is 0.247. The van der Waals surface area contributed by atoms with Crippen molar-refractivity contribution in [2.45, 2.75) is 70.8 Å². The molecule has 5 nitrogen and oxygen atoms in total. The highest BCUT2D eigenvalue weighted by Gasteiger charge is 2.23. The molecule has 2 N–H and O–H groups in total. The van der Waals surface area contributed by atoms with Crippen molar-refractivity contribution < 1.29 is 4.79 Å². The van der Waals surface area contributed by atoms with Gasteiger partial charge in [-0.3, -0.25) is 9.79 Å². The van der Waals surface area contributed by atoms with E-state index in [1.54, 1.807) is 0 Å². The van der Waals surface area contributed by atoms with E-state index in [-0.39, 0.29) is 5.91 Å². The van der Waals surface area contributed by atoms with Crippen molar-refractivity contribution in [2.24, 2.45) is 10.9 Å². The minimum Gasteiger partial charge on any atom is -0.357 e. The SMILES string of the molecule is CCNC(=NCCCCC1CCCC1)NC1CCC(=O)N(C)C1. The van der Waals surface area contributed by atoms with Crippen molar-refractivity contribution in [1.82, 2.24) is 15.5 Å². The zero-order valence-corrected chi connectivity index (χ0v) is 14.9. The Kier molecular flexibility index (Phi) is 7.69. The number of piperidine rings is 1. The van der Waals surface area contributed by atoms with E-state index in [2.05, 4.69) is 17.6 Å². The van der Waals surface area contributed by atoms with Gasteiger partial charge in [0, 0.05) is 39.1 Å². The maximum atomic E-state index is 11.6. The maximum Gasteiger partial charge on any atom is 0.222 e. The third-order valence-electron chi connectivity index (χ3n) is 5.08. The number of carbonyl (C=O) groups excluding carboxylic acids is 1. The topological polar surface area (TPSA) is 56.7 Å². The number of hydrogen-bond donors (Lipinski definition) is 2. The van der Waals surface area contributed by atoms with Gasteiger partial charge in [0.1, 0.15) is 0 Å². The van der Waals surface area contributed by atoms with E-state index in [1.165, 1.54) is 44.9 Å². The minimum absolute atomic E-state index is 0.247. The molecule has 0 bridgehead atoms. The normalized spacial score (nSPS) is 23.4. The van der Waals surface area contributed by atoms with E-state index in [0.29, 0.717) is 12.5 Å². The predicted molar refractivity (Wildman–Crippen MR) is 95.6 cm³/mol. The maximum absolute atomic E-state index is 11.6. The second-order valence-electron chi connectivity index (χ2n) is 7.06. The summed E-state index contributed by atoms with van der Waals surface area (Å²) in [5.41, 5.74) is 0. The van der Waals surface area contributed by atoms with Gasteiger partial charge in [0.15, 0.2) is 5.96 Å². The fourth-order valence-electron chi connectivity index (χ4n) is 3.68. The number of carbonyl (C=O) groups is 1. The van der Waals surface area contributed by atoms with Crippen LogP contribution in [0.2, 0.25) is 0 Å². The molecule has 23 heavy (non-hydrogen) atoms. The van der Waals surface area contributed by atoms with Crippen molar-refractivity contribution >= 4 is 11.9 Å². The summed E-state index contributed by atoms with van der Waals surface area (Å²) in [7, 11) is 1.88. The summed E-state index contributed by atoms with van der Waals surface area (Å²) >= 11 is 0. The van der Waals surface area contributed by atoms with Crippen LogP contribution in [0.1, 0.15) is 64.7 Å². The lowest BCUT2D eigenvalue weighted by molar-refractivity contribution is -0.132. The average molecular weight is 322 g/mol. The fraction of sp³-hybridized carbons (Fsp3) is 0.889. The molecule has 1 saturated carbocycles. The van der Waals surface area contributed by atoms with Crippen LogP contribution in [0.25, 0.3) is 0 Å². The molecule has 2 aliphatic rings. The van der Waals surface area contributed by atoms with Crippen molar-refractivity contribution in [1.29, 1.82) is 0 Å². The fourth-order valence-corrected chi connectivity index (χ4v) is 3.68. The first-order chi connectivity index (χ1) is 11.2. The second-order valence-corrected chi connectivity index (χ2v) is 7.06. The van der Waals surface area contributed by atoms with Crippen LogP contribution in [0.3, 0.4) is 0 Å². The number of unbranched alkanes of at least 4 members (excludes halogenated alkanes) is 1. The van der Waals surface area contributed by atoms with Crippen LogP contribution in [0, 0.1) is 5.92 Å². The Morgan fingerprint density at radius 3 is 2.74 bits per heavy atom. The Hall–Kier alpha value is -1.26. The smallest absolute Gasteiger partial charge is 0.222 e. The van der Waals surface area contributed by atoms with E-state index in [0.717, 1.165) is 37.9 Å². The van der Waals surface area contributed by atoms with Crippen molar-refractivity contribution in [2.75, 3.05) is 26.7 Å². The van der Waals surface area contributed by atoms with E-state index < -0.39 is 0 Å². The highest BCUT2D eigenvalue weighted by molar-refractivity contribution is 5.81. The number of aliphatic imine (C=N–C) groups is 1. The standard InChI is InChI=1S/C18H34N4O/c1-3-19-18(21-16-11-12-17(23)22(2)14-16)20-13-7-6-10-15-8-4-5-9-15/h15-16H,3-14H2,1-2H3,(H2,19,20,21). The van der Waals surface area contributed by atoms with Gasteiger partial charge in [-0.2, -0.15) is 0 Å².